The van der Waals surface area contributed by atoms with E-state index in [1.54, 1.807) is 6.07 Å². The van der Waals surface area contributed by atoms with Gasteiger partial charge in [-0.25, -0.2) is 4.79 Å². The SMILES string of the molecule is COC(=O)c1cc(C#CC2CCNCC2)cs1. The molecule has 4 heteroatoms. The molecule has 0 unspecified atom stereocenters. The van der Waals surface area contributed by atoms with Gasteiger partial charge in [0.1, 0.15) is 4.88 Å². The molecular formula is C13H15NO2S. The highest BCUT2D eigenvalue weighted by molar-refractivity contribution is 7.12. The third-order valence-electron chi connectivity index (χ3n) is 2.75. The minimum Gasteiger partial charge on any atom is -0.465 e. The van der Waals surface area contributed by atoms with Gasteiger partial charge in [0, 0.05) is 16.9 Å². The number of hydrogen-bond donors (Lipinski definition) is 1. The summed E-state index contributed by atoms with van der Waals surface area (Å²) in [7, 11) is 1.39. The molecule has 0 aliphatic carbocycles. The van der Waals surface area contributed by atoms with E-state index in [-0.39, 0.29) is 5.97 Å². The van der Waals surface area contributed by atoms with Crippen LogP contribution in [0.4, 0.5) is 0 Å². The molecule has 2 rings (SSSR count). The number of methoxy groups -OCH3 is 1. The molecule has 0 amide bonds. The largest absolute Gasteiger partial charge is 0.465 e. The van der Waals surface area contributed by atoms with E-state index >= 15 is 0 Å². The quantitative estimate of drug-likeness (QED) is 0.610. The monoisotopic (exact) mass is 249 g/mol. The number of carbonyl (C=O) groups is 1. The maximum Gasteiger partial charge on any atom is 0.348 e. The van der Waals surface area contributed by atoms with Gasteiger partial charge in [-0.15, -0.1) is 11.3 Å². The van der Waals surface area contributed by atoms with E-state index in [2.05, 4.69) is 21.9 Å². The van der Waals surface area contributed by atoms with Gasteiger partial charge >= 0.3 is 5.97 Å². The number of esters is 1. The Labute approximate surface area is 105 Å². The van der Waals surface area contributed by atoms with Crippen LogP contribution in [-0.2, 0) is 4.74 Å². The topological polar surface area (TPSA) is 38.3 Å². The summed E-state index contributed by atoms with van der Waals surface area (Å²) < 4.78 is 4.66. The summed E-state index contributed by atoms with van der Waals surface area (Å²) in [6, 6.07) is 1.80. The van der Waals surface area contributed by atoms with Crippen LogP contribution < -0.4 is 5.32 Å². The Morgan fingerprint density at radius 3 is 3.00 bits per heavy atom. The minimum absolute atomic E-state index is 0.287. The van der Waals surface area contributed by atoms with E-state index in [1.807, 2.05) is 5.38 Å². The van der Waals surface area contributed by atoms with Crippen molar-refractivity contribution in [2.45, 2.75) is 12.8 Å². The Bertz CT molecular complexity index is 449. The summed E-state index contributed by atoms with van der Waals surface area (Å²) in [5.74, 6) is 6.61. The summed E-state index contributed by atoms with van der Waals surface area (Å²) in [6.45, 7) is 2.10. The summed E-state index contributed by atoms with van der Waals surface area (Å²) in [5.41, 5.74) is 0.911. The van der Waals surface area contributed by atoms with Crippen molar-refractivity contribution in [3.05, 3.63) is 21.9 Å². The molecule has 0 aromatic carbocycles. The lowest BCUT2D eigenvalue weighted by atomic mass is 9.99. The van der Waals surface area contributed by atoms with Crippen molar-refractivity contribution in [1.29, 1.82) is 0 Å². The maximum absolute atomic E-state index is 11.3. The van der Waals surface area contributed by atoms with Gasteiger partial charge in [-0.05, 0) is 32.0 Å². The first-order valence-corrected chi connectivity index (χ1v) is 6.56. The highest BCUT2D eigenvalue weighted by Gasteiger charge is 2.10. The van der Waals surface area contributed by atoms with Crippen molar-refractivity contribution in [2.75, 3.05) is 20.2 Å². The van der Waals surface area contributed by atoms with E-state index in [1.165, 1.54) is 18.4 Å². The first kappa shape index (κ1) is 12.2. The number of carbonyl (C=O) groups excluding carboxylic acids is 1. The van der Waals surface area contributed by atoms with E-state index < -0.39 is 0 Å². The lowest BCUT2D eigenvalue weighted by Gasteiger charge is -2.17. The molecule has 1 aliphatic rings. The summed E-state index contributed by atoms with van der Waals surface area (Å²) in [5, 5.41) is 5.22. The first-order chi connectivity index (χ1) is 8.29. The number of hydrogen-bond acceptors (Lipinski definition) is 4. The molecule has 1 saturated heterocycles. The van der Waals surface area contributed by atoms with Gasteiger partial charge in [-0.2, -0.15) is 0 Å². The number of thiophene rings is 1. The Balaban J connectivity index is 2.01. The molecule has 1 aromatic heterocycles. The Hall–Kier alpha value is -1.31. The van der Waals surface area contributed by atoms with E-state index in [0.29, 0.717) is 10.8 Å². The summed E-state index contributed by atoms with van der Waals surface area (Å²) in [6.07, 6.45) is 2.22. The molecule has 1 N–H and O–H groups in total. The zero-order valence-electron chi connectivity index (χ0n) is 9.79. The summed E-state index contributed by atoms with van der Waals surface area (Å²) in [4.78, 5) is 11.9. The Morgan fingerprint density at radius 1 is 1.53 bits per heavy atom. The lowest BCUT2D eigenvalue weighted by Crippen LogP contribution is -2.26. The predicted octanol–water partition coefficient (Wildman–Crippen LogP) is 1.89. The van der Waals surface area contributed by atoms with Crippen LogP contribution in [0, 0.1) is 17.8 Å². The standard InChI is InChI=1S/C13H15NO2S/c1-16-13(15)12-8-11(9-17-12)3-2-10-4-6-14-7-5-10/h8-10,14H,4-7H2,1H3. The van der Waals surface area contributed by atoms with E-state index in [0.717, 1.165) is 31.5 Å². The highest BCUT2D eigenvalue weighted by atomic mass is 32.1. The van der Waals surface area contributed by atoms with Gasteiger partial charge in [0.05, 0.1) is 7.11 Å². The van der Waals surface area contributed by atoms with Gasteiger partial charge in [-0.3, -0.25) is 0 Å². The molecule has 0 atom stereocenters. The number of piperidine rings is 1. The van der Waals surface area contributed by atoms with Crippen LogP contribution in [0.1, 0.15) is 28.1 Å². The van der Waals surface area contributed by atoms with Crippen LogP contribution in [0.3, 0.4) is 0 Å². The second-order valence-electron chi connectivity index (χ2n) is 3.98. The zero-order chi connectivity index (χ0) is 12.1. The van der Waals surface area contributed by atoms with Crippen molar-refractivity contribution >= 4 is 17.3 Å². The van der Waals surface area contributed by atoms with Crippen molar-refractivity contribution in [3.63, 3.8) is 0 Å². The lowest BCUT2D eigenvalue weighted by molar-refractivity contribution is 0.0606. The molecule has 2 heterocycles. The normalized spacial score (nSPS) is 16.1. The molecule has 3 nitrogen and oxygen atoms in total. The average Bonchev–Trinajstić information content (AvgIpc) is 2.85. The van der Waals surface area contributed by atoms with Crippen LogP contribution in [0.5, 0.6) is 0 Å². The molecule has 17 heavy (non-hydrogen) atoms. The fourth-order valence-corrected chi connectivity index (χ4v) is 2.52. The van der Waals surface area contributed by atoms with Crippen molar-refractivity contribution in [3.8, 4) is 11.8 Å². The van der Waals surface area contributed by atoms with Crippen LogP contribution in [0.25, 0.3) is 0 Å². The van der Waals surface area contributed by atoms with E-state index in [4.69, 9.17) is 0 Å². The Morgan fingerprint density at radius 2 is 2.29 bits per heavy atom. The van der Waals surface area contributed by atoms with Crippen LogP contribution in [0.15, 0.2) is 11.4 Å². The third kappa shape index (κ3) is 3.32. The van der Waals surface area contributed by atoms with Gasteiger partial charge in [0.25, 0.3) is 0 Å². The fourth-order valence-electron chi connectivity index (χ4n) is 1.76. The van der Waals surface area contributed by atoms with Crippen molar-refractivity contribution < 1.29 is 9.53 Å². The molecule has 0 radical (unpaired) electrons. The van der Waals surface area contributed by atoms with Crippen molar-refractivity contribution in [1.82, 2.24) is 5.32 Å². The maximum atomic E-state index is 11.3. The van der Waals surface area contributed by atoms with Crippen LogP contribution in [-0.4, -0.2) is 26.2 Å². The minimum atomic E-state index is -0.287. The highest BCUT2D eigenvalue weighted by Crippen LogP contribution is 2.16. The van der Waals surface area contributed by atoms with Gasteiger partial charge in [0.15, 0.2) is 0 Å². The predicted molar refractivity (Wildman–Crippen MR) is 68.1 cm³/mol. The smallest absolute Gasteiger partial charge is 0.348 e. The molecule has 0 spiro atoms. The van der Waals surface area contributed by atoms with E-state index in [9.17, 15) is 4.79 Å². The van der Waals surface area contributed by atoms with Crippen LogP contribution in [0.2, 0.25) is 0 Å². The molecule has 1 aliphatic heterocycles. The second kappa shape index (κ2) is 5.85. The number of ether oxygens (including phenoxy) is 1. The molecule has 90 valence electrons. The Kier molecular flexibility index (Phi) is 4.18. The second-order valence-corrected chi connectivity index (χ2v) is 4.90. The average molecular weight is 249 g/mol. The fraction of sp³-hybridized carbons (Fsp3) is 0.462. The molecule has 0 bridgehead atoms. The molecule has 0 saturated carbocycles. The van der Waals surface area contributed by atoms with Gasteiger partial charge < -0.3 is 10.1 Å². The van der Waals surface area contributed by atoms with Gasteiger partial charge in [-0.1, -0.05) is 11.8 Å². The molecular weight excluding hydrogens is 234 g/mol. The number of rotatable bonds is 1. The first-order valence-electron chi connectivity index (χ1n) is 5.68. The number of nitrogens with one attached hydrogen (secondary N) is 1. The molecule has 1 fully saturated rings. The zero-order valence-corrected chi connectivity index (χ0v) is 10.6. The third-order valence-corrected chi connectivity index (χ3v) is 3.66. The summed E-state index contributed by atoms with van der Waals surface area (Å²) >= 11 is 1.38. The van der Waals surface area contributed by atoms with Crippen molar-refractivity contribution in [2.24, 2.45) is 5.92 Å². The van der Waals surface area contributed by atoms with Gasteiger partial charge in [0.2, 0.25) is 0 Å². The molecule has 1 aromatic rings. The van der Waals surface area contributed by atoms with Crippen LogP contribution >= 0.6 is 11.3 Å².